The molecule has 0 atom stereocenters. The lowest BCUT2D eigenvalue weighted by Gasteiger charge is -2.07. The molecule has 23 heavy (non-hydrogen) atoms. The Labute approximate surface area is 136 Å². The smallest absolute Gasteiger partial charge is 0.234 e. The van der Waals surface area contributed by atoms with E-state index in [1.807, 2.05) is 44.2 Å². The molecule has 0 radical (unpaired) electrons. The first-order chi connectivity index (χ1) is 11.1. The van der Waals surface area contributed by atoms with Crippen LogP contribution in [0.15, 0.2) is 30.0 Å². The van der Waals surface area contributed by atoms with E-state index in [9.17, 15) is 0 Å². The fraction of sp³-hybridized carbons (Fsp3) is 0.133. The van der Waals surface area contributed by atoms with Gasteiger partial charge in [0.25, 0.3) is 0 Å². The Bertz CT molecular complexity index is 981. The van der Waals surface area contributed by atoms with E-state index in [4.69, 9.17) is 10.5 Å². The molecule has 0 aliphatic rings. The fourth-order valence-corrected chi connectivity index (χ4v) is 2.86. The molecule has 7 nitrogen and oxygen atoms in total. The third kappa shape index (κ3) is 2.76. The van der Waals surface area contributed by atoms with Crippen LogP contribution >= 0.6 is 11.3 Å². The lowest BCUT2D eigenvalue weighted by molar-refractivity contribution is 0.898. The van der Waals surface area contributed by atoms with Crippen molar-refractivity contribution in [2.45, 2.75) is 13.8 Å². The molecule has 0 spiro atoms. The number of rotatable bonds is 3. The van der Waals surface area contributed by atoms with Crippen molar-refractivity contribution in [2.24, 2.45) is 0 Å². The third-order valence-corrected chi connectivity index (χ3v) is 4.19. The van der Waals surface area contributed by atoms with Crippen molar-refractivity contribution < 1.29 is 0 Å². The molecule has 0 aliphatic carbocycles. The quantitative estimate of drug-likeness (QED) is 0.744. The van der Waals surface area contributed by atoms with Crippen LogP contribution in [-0.2, 0) is 0 Å². The number of hydrogen-bond donors (Lipinski definition) is 1. The van der Waals surface area contributed by atoms with E-state index in [2.05, 4.69) is 20.6 Å². The first-order valence-corrected chi connectivity index (χ1v) is 7.51. The van der Waals surface area contributed by atoms with Crippen LogP contribution < -0.4 is 5.32 Å². The van der Waals surface area contributed by atoms with Crippen molar-refractivity contribution >= 4 is 22.0 Å². The van der Waals surface area contributed by atoms with E-state index in [0.717, 1.165) is 32.6 Å². The van der Waals surface area contributed by atoms with Crippen LogP contribution in [-0.4, -0.2) is 19.8 Å². The van der Waals surface area contributed by atoms with Gasteiger partial charge in [0.2, 0.25) is 4.96 Å². The Morgan fingerprint density at radius 2 is 2.04 bits per heavy atom. The van der Waals surface area contributed by atoms with E-state index in [0.29, 0.717) is 0 Å². The molecule has 2 heterocycles. The number of hydrogen-bond acceptors (Lipinski definition) is 7. The molecule has 8 heteroatoms. The average molecular weight is 321 g/mol. The molecule has 1 aromatic carbocycles. The number of aryl methyl sites for hydroxylation is 2. The molecule has 0 unspecified atom stereocenters. The van der Waals surface area contributed by atoms with Gasteiger partial charge < -0.3 is 5.32 Å². The van der Waals surface area contributed by atoms with Gasteiger partial charge in [-0.05, 0) is 25.5 Å². The Balaban J connectivity index is 1.98. The van der Waals surface area contributed by atoms with Crippen LogP contribution in [0.5, 0.6) is 0 Å². The minimum absolute atomic E-state index is 0.0178. The SMILES string of the molecule is Cc1ccc(-c2nn3c(C)nnc3s2)cc1NC=C(C#N)C#N. The summed E-state index contributed by atoms with van der Waals surface area (Å²) in [7, 11) is 0. The Kier molecular flexibility index (Phi) is 3.75. The van der Waals surface area contributed by atoms with E-state index in [-0.39, 0.29) is 5.57 Å². The summed E-state index contributed by atoms with van der Waals surface area (Å²) in [5.74, 6) is 0.739. The number of benzene rings is 1. The first kappa shape index (κ1) is 14.7. The van der Waals surface area contributed by atoms with Crippen molar-refractivity contribution in [3.05, 3.63) is 41.4 Å². The molecule has 0 bridgehead atoms. The largest absolute Gasteiger partial charge is 0.360 e. The number of anilines is 1. The molecule has 0 fully saturated rings. The monoisotopic (exact) mass is 321 g/mol. The summed E-state index contributed by atoms with van der Waals surface area (Å²) in [5.41, 5.74) is 2.76. The van der Waals surface area contributed by atoms with Crippen molar-refractivity contribution in [1.29, 1.82) is 10.5 Å². The zero-order chi connectivity index (χ0) is 16.4. The van der Waals surface area contributed by atoms with E-state index >= 15 is 0 Å². The molecule has 3 rings (SSSR count). The summed E-state index contributed by atoms with van der Waals surface area (Å²) < 4.78 is 1.70. The van der Waals surface area contributed by atoms with E-state index in [1.165, 1.54) is 17.5 Å². The maximum Gasteiger partial charge on any atom is 0.234 e. The first-order valence-electron chi connectivity index (χ1n) is 6.69. The standard InChI is InChI=1S/C15H11N7S/c1-9-3-4-12(5-13(9)18-8-11(6-16)7-17)14-21-22-10(2)19-20-15(22)23-14/h3-5,8,18H,1-2H3. The van der Waals surface area contributed by atoms with Gasteiger partial charge in [-0.1, -0.05) is 23.5 Å². The zero-order valence-electron chi connectivity index (χ0n) is 12.4. The highest BCUT2D eigenvalue weighted by atomic mass is 32.1. The topological polar surface area (TPSA) is 103 Å². The summed E-state index contributed by atoms with van der Waals surface area (Å²) in [6.07, 6.45) is 1.40. The van der Waals surface area contributed by atoms with E-state index < -0.39 is 0 Å². The van der Waals surface area contributed by atoms with Crippen molar-refractivity contribution in [3.8, 4) is 22.7 Å². The molecule has 0 amide bonds. The van der Waals surface area contributed by atoms with Gasteiger partial charge in [0.1, 0.15) is 22.7 Å². The van der Waals surface area contributed by atoms with Gasteiger partial charge in [-0.15, -0.1) is 10.2 Å². The highest BCUT2D eigenvalue weighted by Gasteiger charge is 2.11. The summed E-state index contributed by atoms with van der Waals surface area (Å²) in [4.78, 5) is 0.740. The molecular weight excluding hydrogens is 310 g/mol. The summed E-state index contributed by atoms with van der Waals surface area (Å²) in [6.45, 7) is 3.79. The number of fused-ring (bicyclic) bond motifs is 1. The van der Waals surface area contributed by atoms with Gasteiger partial charge in [-0.3, -0.25) is 0 Å². The second-order valence-electron chi connectivity index (χ2n) is 4.80. The van der Waals surface area contributed by atoms with Crippen LogP contribution in [0.1, 0.15) is 11.4 Å². The van der Waals surface area contributed by atoms with Gasteiger partial charge in [0, 0.05) is 17.5 Å². The fourth-order valence-electron chi connectivity index (χ4n) is 1.98. The van der Waals surface area contributed by atoms with Crippen LogP contribution in [0.25, 0.3) is 15.5 Å². The van der Waals surface area contributed by atoms with Crippen LogP contribution in [0.4, 0.5) is 5.69 Å². The minimum atomic E-state index is 0.0178. The van der Waals surface area contributed by atoms with Gasteiger partial charge in [-0.25, -0.2) is 0 Å². The maximum atomic E-state index is 8.78. The second-order valence-corrected chi connectivity index (χ2v) is 5.76. The molecule has 0 aliphatic heterocycles. The van der Waals surface area contributed by atoms with Crippen LogP contribution in [0, 0.1) is 36.5 Å². The summed E-state index contributed by atoms with van der Waals surface area (Å²) in [5, 5.41) is 33.9. The molecular formula is C15H11N7S. The van der Waals surface area contributed by atoms with Gasteiger partial charge in [0.15, 0.2) is 5.82 Å². The van der Waals surface area contributed by atoms with Gasteiger partial charge in [-0.2, -0.15) is 20.1 Å². The van der Waals surface area contributed by atoms with Crippen molar-refractivity contribution in [2.75, 3.05) is 5.32 Å². The summed E-state index contributed by atoms with van der Waals surface area (Å²) >= 11 is 1.45. The summed E-state index contributed by atoms with van der Waals surface area (Å²) in [6, 6.07) is 9.49. The zero-order valence-corrected chi connectivity index (χ0v) is 13.2. The number of nitriles is 2. The predicted molar refractivity (Wildman–Crippen MR) is 86.5 cm³/mol. The van der Waals surface area contributed by atoms with Crippen LogP contribution in [0.2, 0.25) is 0 Å². The van der Waals surface area contributed by atoms with E-state index in [1.54, 1.807) is 4.52 Å². The second kappa shape index (κ2) is 5.87. The maximum absolute atomic E-state index is 8.78. The number of nitrogens with one attached hydrogen (secondary N) is 1. The predicted octanol–water partition coefficient (Wildman–Crippen LogP) is 2.81. The lowest BCUT2D eigenvalue weighted by Crippen LogP contribution is -1.94. The molecule has 3 aromatic rings. The molecule has 2 aromatic heterocycles. The normalized spacial score (nSPS) is 10.1. The average Bonchev–Trinajstić information content (AvgIpc) is 3.12. The van der Waals surface area contributed by atoms with Gasteiger partial charge in [0.05, 0.1) is 0 Å². The minimum Gasteiger partial charge on any atom is -0.360 e. The highest BCUT2D eigenvalue weighted by Crippen LogP contribution is 2.29. The van der Waals surface area contributed by atoms with Crippen molar-refractivity contribution in [3.63, 3.8) is 0 Å². The molecule has 112 valence electrons. The Morgan fingerprint density at radius 1 is 1.26 bits per heavy atom. The van der Waals surface area contributed by atoms with Gasteiger partial charge >= 0.3 is 0 Å². The highest BCUT2D eigenvalue weighted by molar-refractivity contribution is 7.19. The Morgan fingerprint density at radius 3 is 2.74 bits per heavy atom. The third-order valence-electron chi connectivity index (χ3n) is 3.24. The van der Waals surface area contributed by atoms with Crippen LogP contribution in [0.3, 0.4) is 0 Å². The number of nitrogens with zero attached hydrogens (tertiary/aromatic N) is 6. The molecule has 0 saturated heterocycles. The van der Waals surface area contributed by atoms with Crippen molar-refractivity contribution in [1.82, 2.24) is 19.8 Å². The molecule has 0 saturated carbocycles. The number of allylic oxidation sites excluding steroid dienone is 1. The lowest BCUT2D eigenvalue weighted by atomic mass is 10.1. The molecule has 1 N–H and O–H groups in total. The number of aromatic nitrogens is 4. The Hall–Kier alpha value is -3.23.